The second-order valence-electron chi connectivity index (χ2n) is 5.17. The van der Waals surface area contributed by atoms with E-state index in [-0.39, 0.29) is 0 Å². The van der Waals surface area contributed by atoms with Gasteiger partial charge in [-0.2, -0.15) is 0 Å². The SMILES string of the molecule is CC.CNN1CCN(CC(=O)N2CCN(C)CC2)CC1. The zero-order valence-corrected chi connectivity index (χ0v) is 13.6. The Hall–Kier alpha value is -0.690. The zero-order chi connectivity index (χ0) is 15.0. The Labute approximate surface area is 123 Å². The number of carbonyl (C=O) groups is 1. The van der Waals surface area contributed by atoms with Crippen LogP contribution in [0.15, 0.2) is 0 Å². The van der Waals surface area contributed by atoms with Crippen LogP contribution in [0.5, 0.6) is 0 Å². The number of carbonyl (C=O) groups excluding carboxylic acids is 1. The summed E-state index contributed by atoms with van der Waals surface area (Å²) in [7, 11) is 4.06. The van der Waals surface area contributed by atoms with Gasteiger partial charge in [-0.3, -0.25) is 15.1 Å². The Morgan fingerprint density at radius 1 is 0.950 bits per heavy atom. The molecular weight excluding hydrogens is 254 g/mol. The van der Waals surface area contributed by atoms with Crippen LogP contribution in [0.25, 0.3) is 0 Å². The van der Waals surface area contributed by atoms with E-state index >= 15 is 0 Å². The number of nitrogens with zero attached hydrogens (tertiary/aromatic N) is 4. The van der Waals surface area contributed by atoms with Crippen LogP contribution >= 0.6 is 0 Å². The molecule has 2 fully saturated rings. The fourth-order valence-electron chi connectivity index (χ4n) is 2.48. The molecule has 6 heteroatoms. The number of likely N-dealkylation sites (N-methyl/N-ethyl adjacent to an activating group) is 1. The highest BCUT2D eigenvalue weighted by atomic mass is 16.2. The highest BCUT2D eigenvalue weighted by Gasteiger charge is 2.23. The molecule has 0 spiro atoms. The maximum absolute atomic E-state index is 12.2. The maximum Gasteiger partial charge on any atom is 0.236 e. The van der Waals surface area contributed by atoms with Gasteiger partial charge in [-0.1, -0.05) is 13.8 Å². The summed E-state index contributed by atoms with van der Waals surface area (Å²) in [6, 6.07) is 0. The number of amides is 1. The number of nitrogens with one attached hydrogen (secondary N) is 1. The zero-order valence-electron chi connectivity index (χ0n) is 13.6. The largest absolute Gasteiger partial charge is 0.339 e. The van der Waals surface area contributed by atoms with Crippen molar-refractivity contribution in [2.75, 3.05) is 73.0 Å². The Morgan fingerprint density at radius 2 is 1.50 bits per heavy atom. The van der Waals surface area contributed by atoms with E-state index < -0.39 is 0 Å². The van der Waals surface area contributed by atoms with E-state index in [9.17, 15) is 4.79 Å². The third-order valence-corrected chi connectivity index (χ3v) is 3.90. The van der Waals surface area contributed by atoms with E-state index in [1.54, 1.807) is 0 Å². The van der Waals surface area contributed by atoms with Gasteiger partial charge in [-0.05, 0) is 14.1 Å². The maximum atomic E-state index is 12.2. The summed E-state index contributed by atoms with van der Waals surface area (Å²) < 4.78 is 0. The van der Waals surface area contributed by atoms with Crippen molar-refractivity contribution in [3.63, 3.8) is 0 Å². The topological polar surface area (TPSA) is 42.1 Å². The summed E-state index contributed by atoms with van der Waals surface area (Å²) in [6.45, 7) is 12.3. The lowest BCUT2D eigenvalue weighted by Crippen LogP contribution is -2.54. The van der Waals surface area contributed by atoms with Crippen LogP contribution in [0.3, 0.4) is 0 Å². The molecule has 6 nitrogen and oxygen atoms in total. The van der Waals surface area contributed by atoms with Crippen molar-refractivity contribution < 1.29 is 4.79 Å². The fraction of sp³-hybridized carbons (Fsp3) is 0.929. The summed E-state index contributed by atoms with van der Waals surface area (Å²) in [6.07, 6.45) is 0. The minimum Gasteiger partial charge on any atom is -0.339 e. The summed E-state index contributed by atoms with van der Waals surface area (Å²) >= 11 is 0. The molecule has 118 valence electrons. The summed E-state index contributed by atoms with van der Waals surface area (Å²) in [5, 5.41) is 2.19. The molecule has 0 saturated carbocycles. The van der Waals surface area contributed by atoms with Gasteiger partial charge in [0.05, 0.1) is 6.54 Å². The first-order valence-corrected chi connectivity index (χ1v) is 7.80. The van der Waals surface area contributed by atoms with Gasteiger partial charge in [-0.15, -0.1) is 0 Å². The lowest BCUT2D eigenvalue weighted by Gasteiger charge is -2.36. The molecule has 0 aromatic rings. The highest BCUT2D eigenvalue weighted by Crippen LogP contribution is 2.03. The number of hydrogen-bond donors (Lipinski definition) is 1. The average molecular weight is 285 g/mol. The van der Waals surface area contributed by atoms with Crippen molar-refractivity contribution in [1.82, 2.24) is 25.1 Å². The van der Waals surface area contributed by atoms with Crippen LogP contribution < -0.4 is 5.43 Å². The minimum atomic E-state index is 0.293. The normalized spacial score (nSPS) is 22.3. The summed E-state index contributed by atoms with van der Waals surface area (Å²) in [5.41, 5.74) is 3.15. The molecule has 0 aromatic carbocycles. The molecule has 2 saturated heterocycles. The Bertz CT molecular complexity index is 271. The first kappa shape index (κ1) is 17.4. The first-order chi connectivity index (χ1) is 9.69. The molecule has 0 unspecified atom stereocenters. The molecule has 0 radical (unpaired) electrons. The van der Waals surface area contributed by atoms with Crippen LogP contribution in [0, 0.1) is 0 Å². The average Bonchev–Trinajstić information content (AvgIpc) is 2.50. The number of rotatable bonds is 3. The molecule has 2 heterocycles. The Balaban J connectivity index is 0.000000956. The van der Waals surface area contributed by atoms with Gasteiger partial charge < -0.3 is 9.80 Å². The van der Waals surface area contributed by atoms with Gasteiger partial charge in [0.1, 0.15) is 0 Å². The molecule has 0 aromatic heterocycles. The predicted molar refractivity (Wildman–Crippen MR) is 82.5 cm³/mol. The second-order valence-corrected chi connectivity index (χ2v) is 5.17. The van der Waals surface area contributed by atoms with Crippen LogP contribution in [0.2, 0.25) is 0 Å². The van der Waals surface area contributed by atoms with E-state index in [1.807, 2.05) is 25.8 Å². The van der Waals surface area contributed by atoms with Crippen molar-refractivity contribution >= 4 is 5.91 Å². The van der Waals surface area contributed by atoms with Gasteiger partial charge in [0.25, 0.3) is 0 Å². The van der Waals surface area contributed by atoms with Crippen molar-refractivity contribution in [2.45, 2.75) is 13.8 Å². The quantitative estimate of drug-likeness (QED) is 0.760. The van der Waals surface area contributed by atoms with Gasteiger partial charge in [0.2, 0.25) is 5.91 Å². The standard InChI is InChI=1S/C12H25N5O.C2H6/c1-13-17-9-5-15(6-10-17)11-12(18)16-7-3-14(2)4-8-16;1-2/h13H,3-11H2,1-2H3;1-2H3. The number of piperazine rings is 2. The molecule has 1 amide bonds. The smallest absolute Gasteiger partial charge is 0.236 e. The van der Waals surface area contributed by atoms with E-state index in [4.69, 9.17) is 0 Å². The van der Waals surface area contributed by atoms with Crippen molar-refractivity contribution in [1.29, 1.82) is 0 Å². The van der Waals surface area contributed by atoms with E-state index in [1.165, 1.54) is 0 Å². The van der Waals surface area contributed by atoms with Crippen LogP contribution in [0.1, 0.15) is 13.8 Å². The van der Waals surface area contributed by atoms with Crippen molar-refractivity contribution in [3.8, 4) is 0 Å². The lowest BCUT2D eigenvalue weighted by molar-refractivity contribution is -0.134. The third kappa shape index (κ3) is 5.36. The second kappa shape index (κ2) is 9.28. The summed E-state index contributed by atoms with van der Waals surface area (Å²) in [4.78, 5) is 18.7. The van der Waals surface area contributed by atoms with Crippen molar-refractivity contribution in [2.24, 2.45) is 0 Å². The molecular formula is C14H31N5O. The Morgan fingerprint density at radius 3 is 2.00 bits per heavy atom. The van der Waals surface area contributed by atoms with E-state index in [0.717, 1.165) is 52.4 Å². The predicted octanol–water partition coefficient (Wildman–Crippen LogP) is -0.461. The van der Waals surface area contributed by atoms with E-state index in [2.05, 4.69) is 27.3 Å². The van der Waals surface area contributed by atoms with Gasteiger partial charge in [0.15, 0.2) is 0 Å². The highest BCUT2D eigenvalue weighted by molar-refractivity contribution is 5.78. The molecule has 0 atom stereocenters. The molecule has 2 rings (SSSR count). The molecule has 1 N–H and O–H groups in total. The van der Waals surface area contributed by atoms with E-state index in [0.29, 0.717) is 12.5 Å². The lowest BCUT2D eigenvalue weighted by atomic mass is 10.3. The molecule has 0 bridgehead atoms. The third-order valence-electron chi connectivity index (χ3n) is 3.90. The first-order valence-electron chi connectivity index (χ1n) is 7.80. The molecule has 20 heavy (non-hydrogen) atoms. The van der Waals surface area contributed by atoms with Crippen LogP contribution in [-0.2, 0) is 4.79 Å². The van der Waals surface area contributed by atoms with Gasteiger partial charge in [0, 0.05) is 52.4 Å². The summed E-state index contributed by atoms with van der Waals surface area (Å²) in [5.74, 6) is 0.293. The minimum absolute atomic E-state index is 0.293. The Kier molecular flexibility index (Phi) is 8.06. The monoisotopic (exact) mass is 285 g/mol. The van der Waals surface area contributed by atoms with Crippen LogP contribution in [-0.4, -0.2) is 98.6 Å². The fourth-order valence-corrected chi connectivity index (χ4v) is 2.48. The van der Waals surface area contributed by atoms with Gasteiger partial charge in [-0.25, -0.2) is 5.01 Å². The van der Waals surface area contributed by atoms with Gasteiger partial charge >= 0.3 is 0 Å². The van der Waals surface area contributed by atoms with Crippen LogP contribution in [0.4, 0.5) is 0 Å². The number of hydrogen-bond acceptors (Lipinski definition) is 5. The van der Waals surface area contributed by atoms with Crippen molar-refractivity contribution in [3.05, 3.63) is 0 Å². The molecule has 2 aliphatic heterocycles. The number of hydrazine groups is 1. The molecule has 0 aliphatic carbocycles. The molecule has 2 aliphatic rings.